The smallest absolute Gasteiger partial charge is 0.221 e. The van der Waals surface area contributed by atoms with Gasteiger partial charge in [0.05, 0.1) is 18.8 Å². The zero-order valence-corrected chi connectivity index (χ0v) is 20.0. The molecule has 3 rings (SSSR count). The minimum absolute atomic E-state index is 0. The molecule has 1 fully saturated rings. The lowest BCUT2D eigenvalue weighted by Gasteiger charge is -2.26. The van der Waals surface area contributed by atoms with E-state index >= 15 is 0 Å². The largest absolute Gasteiger partial charge is 0.468 e. The highest BCUT2D eigenvalue weighted by molar-refractivity contribution is 14.0. The Hall–Kier alpha value is -2.07. The monoisotopic (exact) mass is 525 g/mol. The average molecular weight is 525 g/mol. The highest BCUT2D eigenvalue weighted by atomic mass is 127. The summed E-state index contributed by atoms with van der Waals surface area (Å²) in [6, 6.07) is 11.9. The van der Waals surface area contributed by atoms with Gasteiger partial charge in [0.15, 0.2) is 5.96 Å². The highest BCUT2D eigenvalue weighted by Gasteiger charge is 2.25. The molecule has 1 aliphatic heterocycles. The number of amides is 1. The molecule has 3 N–H and O–H groups in total. The maximum atomic E-state index is 11.3. The van der Waals surface area contributed by atoms with Gasteiger partial charge in [-0.15, -0.1) is 24.0 Å². The van der Waals surface area contributed by atoms with Crippen LogP contribution in [0.15, 0.2) is 52.1 Å². The molecule has 1 saturated heterocycles. The van der Waals surface area contributed by atoms with E-state index in [0.29, 0.717) is 6.54 Å². The van der Waals surface area contributed by atoms with Crippen LogP contribution in [-0.4, -0.2) is 42.9 Å². The number of carbonyl (C=O) groups is 1. The topological polar surface area (TPSA) is 81.9 Å². The van der Waals surface area contributed by atoms with Crippen LogP contribution in [0.2, 0.25) is 0 Å². The van der Waals surface area contributed by atoms with Gasteiger partial charge in [0.1, 0.15) is 5.76 Å². The molecule has 0 radical (unpaired) electrons. The lowest BCUT2D eigenvalue weighted by molar-refractivity contribution is -0.114. The summed E-state index contributed by atoms with van der Waals surface area (Å²) in [5.41, 5.74) is 1.82. The number of hydrogen-bond acceptors (Lipinski definition) is 4. The Kier molecular flexibility index (Phi) is 10.2. The first kappa shape index (κ1) is 24.2. The van der Waals surface area contributed by atoms with Crippen LogP contribution < -0.4 is 16.0 Å². The first-order valence-corrected chi connectivity index (χ1v) is 10.3. The fraction of sp³-hybridized carbons (Fsp3) is 0.455. The normalized spacial score (nSPS) is 15.3. The summed E-state index contributed by atoms with van der Waals surface area (Å²) >= 11 is 0. The third-order valence-corrected chi connectivity index (χ3v) is 4.93. The lowest BCUT2D eigenvalue weighted by atomic mass is 10.2. The van der Waals surface area contributed by atoms with Gasteiger partial charge in [-0.25, -0.2) is 4.99 Å². The number of benzene rings is 1. The molecule has 0 spiro atoms. The maximum Gasteiger partial charge on any atom is 0.221 e. The molecule has 164 valence electrons. The van der Waals surface area contributed by atoms with Crippen LogP contribution in [0.1, 0.15) is 44.1 Å². The summed E-state index contributed by atoms with van der Waals surface area (Å²) in [6.45, 7) is 7.79. The molecule has 1 aliphatic rings. The Bertz CT molecular complexity index is 804. The number of furan rings is 1. The van der Waals surface area contributed by atoms with Crippen molar-refractivity contribution in [3.05, 3.63) is 54.0 Å². The third-order valence-electron chi connectivity index (χ3n) is 4.93. The van der Waals surface area contributed by atoms with E-state index in [1.54, 1.807) is 6.26 Å². The molecule has 1 atom stereocenters. The Morgan fingerprint density at radius 2 is 2.00 bits per heavy atom. The summed E-state index contributed by atoms with van der Waals surface area (Å²) in [5.74, 6) is 1.68. The van der Waals surface area contributed by atoms with Gasteiger partial charge in [-0.2, -0.15) is 0 Å². The van der Waals surface area contributed by atoms with Gasteiger partial charge < -0.3 is 20.4 Å². The van der Waals surface area contributed by atoms with E-state index in [0.717, 1.165) is 49.1 Å². The minimum Gasteiger partial charge on any atom is -0.468 e. The van der Waals surface area contributed by atoms with Crippen LogP contribution in [0.25, 0.3) is 0 Å². The van der Waals surface area contributed by atoms with Gasteiger partial charge in [-0.3, -0.25) is 9.69 Å². The predicted octanol–water partition coefficient (Wildman–Crippen LogP) is 3.75. The molecule has 2 aromatic rings. The van der Waals surface area contributed by atoms with Crippen LogP contribution >= 0.6 is 24.0 Å². The number of anilines is 1. The summed E-state index contributed by atoms with van der Waals surface area (Å²) in [6.07, 6.45) is 4.20. The molecule has 0 bridgehead atoms. The van der Waals surface area contributed by atoms with E-state index < -0.39 is 0 Å². The van der Waals surface area contributed by atoms with Crippen molar-refractivity contribution in [3.63, 3.8) is 0 Å². The van der Waals surface area contributed by atoms with Crippen molar-refractivity contribution >= 4 is 41.5 Å². The third kappa shape index (κ3) is 7.32. The van der Waals surface area contributed by atoms with Crippen molar-refractivity contribution in [2.45, 2.75) is 39.3 Å². The van der Waals surface area contributed by atoms with E-state index in [-0.39, 0.29) is 35.9 Å². The predicted molar refractivity (Wildman–Crippen MR) is 131 cm³/mol. The highest BCUT2D eigenvalue weighted by Crippen LogP contribution is 2.24. The molecule has 0 saturated carbocycles. The molecular formula is C22H32IN5O2. The maximum absolute atomic E-state index is 11.3. The molecule has 0 aliphatic carbocycles. The van der Waals surface area contributed by atoms with Crippen molar-refractivity contribution in [1.82, 2.24) is 15.5 Å². The lowest BCUT2D eigenvalue weighted by Crippen LogP contribution is -2.42. The van der Waals surface area contributed by atoms with Gasteiger partial charge >= 0.3 is 0 Å². The number of carbonyl (C=O) groups excluding carboxylic acids is 1. The molecule has 1 unspecified atom stereocenters. The SMILES string of the molecule is CCNC(=NCc1cccc(NC(C)=O)c1)NCC(c1ccco1)N1CCCC1.I. The van der Waals surface area contributed by atoms with Crippen LogP contribution in [-0.2, 0) is 11.3 Å². The van der Waals surface area contributed by atoms with E-state index in [4.69, 9.17) is 9.41 Å². The second kappa shape index (κ2) is 12.6. The molecule has 1 aromatic heterocycles. The van der Waals surface area contributed by atoms with E-state index in [1.165, 1.54) is 19.8 Å². The number of halogens is 1. The number of likely N-dealkylation sites (tertiary alicyclic amines) is 1. The van der Waals surface area contributed by atoms with Crippen molar-refractivity contribution in [3.8, 4) is 0 Å². The molecule has 8 heteroatoms. The summed E-state index contributed by atoms with van der Waals surface area (Å²) < 4.78 is 5.70. The van der Waals surface area contributed by atoms with Gasteiger partial charge in [0.2, 0.25) is 5.91 Å². The van der Waals surface area contributed by atoms with E-state index in [1.807, 2.05) is 36.4 Å². The van der Waals surface area contributed by atoms with Gasteiger partial charge in [-0.1, -0.05) is 12.1 Å². The Morgan fingerprint density at radius 1 is 1.20 bits per heavy atom. The van der Waals surface area contributed by atoms with Crippen molar-refractivity contribution in [2.24, 2.45) is 4.99 Å². The molecule has 1 aromatic carbocycles. The van der Waals surface area contributed by atoms with Crippen molar-refractivity contribution in [2.75, 3.05) is 31.5 Å². The zero-order chi connectivity index (χ0) is 20.5. The van der Waals surface area contributed by atoms with Crippen molar-refractivity contribution < 1.29 is 9.21 Å². The van der Waals surface area contributed by atoms with Gasteiger partial charge in [-0.05, 0) is 62.7 Å². The average Bonchev–Trinajstić information content (AvgIpc) is 3.41. The number of rotatable bonds is 8. The van der Waals surface area contributed by atoms with Crippen LogP contribution in [0.5, 0.6) is 0 Å². The summed E-state index contributed by atoms with van der Waals surface area (Å²) in [7, 11) is 0. The summed E-state index contributed by atoms with van der Waals surface area (Å²) in [5, 5.41) is 9.59. The van der Waals surface area contributed by atoms with Crippen LogP contribution in [0.4, 0.5) is 5.69 Å². The van der Waals surface area contributed by atoms with E-state index in [9.17, 15) is 4.79 Å². The Balaban J connectivity index is 0.00000320. The summed E-state index contributed by atoms with van der Waals surface area (Å²) in [4.78, 5) is 18.4. The molecular weight excluding hydrogens is 493 g/mol. The van der Waals surface area contributed by atoms with E-state index in [2.05, 4.69) is 27.8 Å². The molecule has 30 heavy (non-hydrogen) atoms. The first-order valence-electron chi connectivity index (χ1n) is 10.3. The number of nitrogens with zero attached hydrogens (tertiary/aromatic N) is 2. The number of hydrogen-bond donors (Lipinski definition) is 3. The second-order valence-corrected chi connectivity index (χ2v) is 7.23. The number of guanidine groups is 1. The Labute approximate surface area is 195 Å². The van der Waals surface area contributed by atoms with Gasteiger partial charge in [0.25, 0.3) is 0 Å². The quantitative estimate of drug-likeness (QED) is 0.278. The second-order valence-electron chi connectivity index (χ2n) is 7.23. The zero-order valence-electron chi connectivity index (χ0n) is 17.7. The fourth-order valence-electron chi connectivity index (χ4n) is 3.60. The molecule has 7 nitrogen and oxygen atoms in total. The van der Waals surface area contributed by atoms with Crippen LogP contribution in [0.3, 0.4) is 0 Å². The van der Waals surface area contributed by atoms with Crippen LogP contribution in [0, 0.1) is 0 Å². The Morgan fingerprint density at radius 3 is 2.67 bits per heavy atom. The number of nitrogens with one attached hydrogen (secondary N) is 3. The minimum atomic E-state index is -0.0773. The van der Waals surface area contributed by atoms with Crippen molar-refractivity contribution in [1.29, 1.82) is 0 Å². The molecule has 1 amide bonds. The number of aliphatic imine (C=N–C) groups is 1. The standard InChI is InChI=1S/C22H31N5O2.HI/c1-3-23-22(24-15-18-8-6-9-19(14-18)26-17(2)28)25-16-20(21-10-7-13-29-21)27-11-4-5-12-27;/h6-10,13-14,20H,3-5,11-12,15-16H2,1-2H3,(H,26,28)(H2,23,24,25);1H. The first-order chi connectivity index (χ1) is 14.2. The fourth-order valence-corrected chi connectivity index (χ4v) is 3.60. The molecule has 2 heterocycles. The van der Waals surface area contributed by atoms with Gasteiger partial charge in [0, 0.05) is 25.7 Å².